The highest BCUT2D eigenvalue weighted by Crippen LogP contribution is 2.45. The van der Waals surface area contributed by atoms with E-state index in [1.54, 1.807) is 54.6 Å². The van der Waals surface area contributed by atoms with E-state index >= 15 is 0 Å². The summed E-state index contributed by atoms with van der Waals surface area (Å²) in [6.45, 7) is 1.93. The van der Waals surface area contributed by atoms with Gasteiger partial charge in [0.1, 0.15) is 17.4 Å². The minimum atomic E-state index is -1.04. The SMILES string of the molecule is Cc1ccc(CN2C(=O)c3ccccc3C(C(=O)O)C2c2ccc(Cl)cc2Cl)o1. The highest BCUT2D eigenvalue weighted by molar-refractivity contribution is 6.35. The van der Waals surface area contributed by atoms with Gasteiger partial charge in [0.05, 0.1) is 12.6 Å². The molecule has 0 saturated carbocycles. The summed E-state index contributed by atoms with van der Waals surface area (Å²) in [6, 6.07) is 14.4. The lowest BCUT2D eigenvalue weighted by atomic mass is 9.79. The number of carboxylic acid groups (broad SMARTS) is 1. The first-order valence-corrected chi connectivity index (χ1v) is 9.75. The van der Waals surface area contributed by atoms with Crippen molar-refractivity contribution in [2.24, 2.45) is 0 Å². The standard InChI is InChI=1S/C22H17Cl2NO4/c1-12-6-8-14(29-12)11-25-20(17-9-7-13(23)10-18(17)24)19(22(27)28)15-4-2-3-5-16(15)21(25)26/h2-10,19-20H,11H2,1H3,(H,27,28). The van der Waals surface area contributed by atoms with E-state index in [0.717, 1.165) is 0 Å². The Morgan fingerprint density at radius 1 is 1.10 bits per heavy atom. The number of furan rings is 1. The smallest absolute Gasteiger partial charge is 0.313 e. The number of aliphatic carboxylic acids is 1. The van der Waals surface area contributed by atoms with Crippen molar-refractivity contribution in [1.29, 1.82) is 0 Å². The average molecular weight is 430 g/mol. The predicted octanol–water partition coefficient (Wildman–Crippen LogP) is 5.46. The van der Waals surface area contributed by atoms with Gasteiger partial charge in [0.25, 0.3) is 5.91 Å². The largest absolute Gasteiger partial charge is 0.481 e. The summed E-state index contributed by atoms with van der Waals surface area (Å²) in [5.74, 6) is -1.03. The third-order valence-electron chi connectivity index (χ3n) is 5.11. The number of aryl methyl sites for hydroxylation is 1. The second-order valence-corrected chi connectivity index (χ2v) is 7.80. The van der Waals surface area contributed by atoms with Crippen LogP contribution in [-0.4, -0.2) is 21.9 Å². The van der Waals surface area contributed by atoms with Gasteiger partial charge in [0.15, 0.2) is 0 Å². The molecule has 1 amide bonds. The second kappa shape index (κ2) is 7.58. The molecule has 0 aliphatic carbocycles. The Morgan fingerprint density at radius 2 is 1.86 bits per heavy atom. The molecule has 2 heterocycles. The van der Waals surface area contributed by atoms with Crippen LogP contribution in [0.4, 0.5) is 0 Å². The lowest BCUT2D eigenvalue weighted by Crippen LogP contribution is -2.44. The van der Waals surface area contributed by atoms with Crippen LogP contribution in [0.15, 0.2) is 59.0 Å². The third-order valence-corrected chi connectivity index (χ3v) is 5.67. The van der Waals surface area contributed by atoms with Gasteiger partial charge in [-0.3, -0.25) is 9.59 Å². The Labute approximate surface area is 177 Å². The van der Waals surface area contributed by atoms with E-state index in [1.807, 2.05) is 6.92 Å². The average Bonchev–Trinajstić information content (AvgIpc) is 3.09. The van der Waals surface area contributed by atoms with E-state index in [1.165, 1.54) is 4.90 Å². The maximum atomic E-state index is 13.4. The number of fused-ring (bicyclic) bond motifs is 1. The van der Waals surface area contributed by atoms with Crippen LogP contribution in [-0.2, 0) is 11.3 Å². The highest BCUT2D eigenvalue weighted by Gasteiger charge is 2.45. The molecular weight excluding hydrogens is 413 g/mol. The van der Waals surface area contributed by atoms with Crippen molar-refractivity contribution in [3.63, 3.8) is 0 Å². The van der Waals surface area contributed by atoms with Crippen LogP contribution < -0.4 is 0 Å². The van der Waals surface area contributed by atoms with E-state index in [9.17, 15) is 14.7 Å². The minimum Gasteiger partial charge on any atom is -0.481 e. The maximum absolute atomic E-state index is 13.4. The lowest BCUT2D eigenvalue weighted by Gasteiger charge is -2.40. The van der Waals surface area contributed by atoms with Crippen molar-refractivity contribution in [2.45, 2.75) is 25.4 Å². The van der Waals surface area contributed by atoms with Crippen molar-refractivity contribution in [3.05, 3.63) is 92.9 Å². The fraction of sp³-hybridized carbons (Fsp3) is 0.182. The molecule has 2 atom stereocenters. The van der Waals surface area contributed by atoms with Crippen LogP contribution in [0.1, 0.15) is 45.0 Å². The molecule has 0 bridgehead atoms. The monoisotopic (exact) mass is 429 g/mol. The first-order chi connectivity index (χ1) is 13.9. The summed E-state index contributed by atoms with van der Waals surface area (Å²) in [4.78, 5) is 27.2. The van der Waals surface area contributed by atoms with Gasteiger partial charge in [0.2, 0.25) is 0 Å². The first-order valence-electron chi connectivity index (χ1n) is 9.00. The van der Waals surface area contributed by atoms with Gasteiger partial charge in [0, 0.05) is 15.6 Å². The molecular formula is C22H17Cl2NO4. The Morgan fingerprint density at radius 3 is 2.52 bits per heavy atom. The molecule has 0 saturated heterocycles. The van der Waals surface area contributed by atoms with Gasteiger partial charge in [-0.15, -0.1) is 0 Å². The maximum Gasteiger partial charge on any atom is 0.313 e. The van der Waals surface area contributed by atoms with Crippen LogP contribution >= 0.6 is 23.2 Å². The van der Waals surface area contributed by atoms with Crippen LogP contribution in [0.3, 0.4) is 0 Å². The Kier molecular flexibility index (Phi) is 5.11. The Bertz CT molecular complexity index is 1110. The molecule has 0 radical (unpaired) electrons. The molecule has 0 fully saturated rings. The molecule has 4 rings (SSSR count). The quantitative estimate of drug-likeness (QED) is 0.597. The number of amides is 1. The molecule has 1 N–H and O–H groups in total. The van der Waals surface area contributed by atoms with E-state index in [2.05, 4.69) is 0 Å². The van der Waals surface area contributed by atoms with Crippen LogP contribution in [0.2, 0.25) is 10.0 Å². The molecule has 148 valence electrons. The number of carbonyl (C=O) groups is 2. The summed E-state index contributed by atoms with van der Waals surface area (Å²) in [5, 5.41) is 10.8. The Hall–Kier alpha value is -2.76. The van der Waals surface area contributed by atoms with Gasteiger partial charge < -0.3 is 14.4 Å². The van der Waals surface area contributed by atoms with E-state index in [4.69, 9.17) is 27.6 Å². The van der Waals surface area contributed by atoms with E-state index in [0.29, 0.717) is 38.3 Å². The number of rotatable bonds is 4. The molecule has 5 nitrogen and oxygen atoms in total. The zero-order chi connectivity index (χ0) is 20.7. The second-order valence-electron chi connectivity index (χ2n) is 6.96. The Balaban J connectivity index is 1.91. The minimum absolute atomic E-state index is 0.119. The number of carbonyl (C=O) groups excluding carboxylic acids is 1. The number of nitrogens with zero attached hydrogens (tertiary/aromatic N) is 1. The molecule has 3 aromatic rings. The highest BCUT2D eigenvalue weighted by atomic mass is 35.5. The van der Waals surface area contributed by atoms with Crippen molar-refractivity contribution < 1.29 is 19.1 Å². The molecule has 1 aliphatic rings. The van der Waals surface area contributed by atoms with Crippen molar-refractivity contribution in [2.75, 3.05) is 0 Å². The molecule has 1 aliphatic heterocycles. The summed E-state index contributed by atoms with van der Waals surface area (Å²) >= 11 is 12.5. The zero-order valence-electron chi connectivity index (χ0n) is 15.4. The van der Waals surface area contributed by atoms with Gasteiger partial charge in [-0.25, -0.2) is 0 Å². The topological polar surface area (TPSA) is 70.8 Å². The summed E-state index contributed by atoms with van der Waals surface area (Å²) in [7, 11) is 0. The van der Waals surface area contributed by atoms with Crippen molar-refractivity contribution >= 4 is 35.1 Å². The normalized spacial score (nSPS) is 18.6. The number of benzene rings is 2. The number of hydrogen-bond donors (Lipinski definition) is 1. The van der Waals surface area contributed by atoms with Gasteiger partial charge >= 0.3 is 5.97 Å². The molecule has 2 unspecified atom stereocenters. The van der Waals surface area contributed by atoms with Gasteiger partial charge in [-0.2, -0.15) is 0 Å². The molecule has 29 heavy (non-hydrogen) atoms. The molecule has 1 aromatic heterocycles. The van der Waals surface area contributed by atoms with Crippen LogP contribution in [0, 0.1) is 6.92 Å². The number of carboxylic acids is 1. The van der Waals surface area contributed by atoms with E-state index < -0.39 is 17.9 Å². The fourth-order valence-electron chi connectivity index (χ4n) is 3.86. The predicted molar refractivity (Wildman–Crippen MR) is 109 cm³/mol. The zero-order valence-corrected chi connectivity index (χ0v) is 16.9. The molecule has 2 aromatic carbocycles. The summed E-state index contributed by atoms with van der Waals surface area (Å²) < 4.78 is 5.66. The van der Waals surface area contributed by atoms with Crippen molar-refractivity contribution in [3.8, 4) is 0 Å². The molecule has 7 heteroatoms. The number of hydrogen-bond acceptors (Lipinski definition) is 3. The first kappa shape index (κ1) is 19.6. The van der Waals surface area contributed by atoms with Crippen LogP contribution in [0.5, 0.6) is 0 Å². The summed E-state index contributed by atoms with van der Waals surface area (Å²) in [5.41, 5.74) is 1.35. The molecule has 0 spiro atoms. The van der Waals surface area contributed by atoms with Crippen molar-refractivity contribution in [1.82, 2.24) is 4.90 Å². The number of halogens is 2. The van der Waals surface area contributed by atoms with Crippen LogP contribution in [0.25, 0.3) is 0 Å². The van der Waals surface area contributed by atoms with E-state index in [-0.39, 0.29) is 12.5 Å². The third kappa shape index (κ3) is 3.52. The van der Waals surface area contributed by atoms with Gasteiger partial charge in [-0.1, -0.05) is 47.5 Å². The lowest BCUT2D eigenvalue weighted by molar-refractivity contribution is -0.140. The summed E-state index contributed by atoms with van der Waals surface area (Å²) in [6.07, 6.45) is 0. The fourth-order valence-corrected chi connectivity index (χ4v) is 4.38. The van der Waals surface area contributed by atoms with Gasteiger partial charge in [-0.05, 0) is 48.4 Å².